The molecule has 1 aromatic carbocycles. The number of ketones is 1. The van der Waals surface area contributed by atoms with Crippen LogP contribution in [0.15, 0.2) is 40.5 Å². The number of hydroxylamine groups is 1. The van der Waals surface area contributed by atoms with Gasteiger partial charge in [0.25, 0.3) is 0 Å². The molecule has 0 atom stereocenters. The van der Waals surface area contributed by atoms with Crippen LogP contribution in [0.2, 0.25) is 0 Å². The zero-order valence-electron chi connectivity index (χ0n) is 7.62. The first kappa shape index (κ1) is 10.9. The second kappa shape index (κ2) is 4.93. The van der Waals surface area contributed by atoms with Crippen LogP contribution in [0.3, 0.4) is 0 Å². The molecule has 0 aliphatic heterocycles. The molecule has 0 aromatic heterocycles. The summed E-state index contributed by atoms with van der Waals surface area (Å²) in [6.07, 6.45) is 1.52. The van der Waals surface area contributed by atoms with E-state index in [2.05, 4.69) is 15.9 Å². The molecule has 0 saturated heterocycles. The van der Waals surface area contributed by atoms with Crippen molar-refractivity contribution in [2.24, 2.45) is 0 Å². The Morgan fingerprint density at radius 3 is 2.43 bits per heavy atom. The monoisotopic (exact) mass is 255 g/mol. The minimum atomic E-state index is -0.234. The zero-order valence-corrected chi connectivity index (χ0v) is 9.21. The lowest BCUT2D eigenvalue weighted by atomic mass is 10.1. The predicted molar refractivity (Wildman–Crippen MR) is 57.2 cm³/mol. The third kappa shape index (κ3) is 2.43. The predicted octanol–water partition coefficient (Wildman–Crippen LogP) is 2.51. The van der Waals surface area contributed by atoms with E-state index < -0.39 is 0 Å². The minimum Gasteiger partial charge on any atom is -0.291 e. The fourth-order valence-electron chi connectivity index (χ4n) is 1.00. The Labute approximate surface area is 90.5 Å². The molecule has 0 amide bonds. The Kier molecular flexibility index (Phi) is 3.85. The van der Waals surface area contributed by atoms with Crippen molar-refractivity contribution in [1.82, 2.24) is 5.48 Å². The van der Waals surface area contributed by atoms with Gasteiger partial charge in [0.15, 0.2) is 0 Å². The normalized spacial score (nSPS) is 11.2. The summed E-state index contributed by atoms with van der Waals surface area (Å²) in [4.78, 5) is 11.6. The van der Waals surface area contributed by atoms with E-state index in [1.807, 2.05) is 5.48 Å². The summed E-state index contributed by atoms with van der Waals surface area (Å²) < 4.78 is 0.910. The molecule has 0 radical (unpaired) electrons. The van der Waals surface area contributed by atoms with Gasteiger partial charge >= 0.3 is 0 Å². The van der Waals surface area contributed by atoms with Crippen LogP contribution >= 0.6 is 15.9 Å². The summed E-state index contributed by atoms with van der Waals surface area (Å²) in [5, 5.41) is 8.66. The maximum Gasteiger partial charge on any atom is 0.210 e. The third-order valence-corrected chi connectivity index (χ3v) is 2.29. The van der Waals surface area contributed by atoms with Crippen LogP contribution in [-0.4, -0.2) is 11.0 Å². The van der Waals surface area contributed by atoms with Gasteiger partial charge < -0.3 is 0 Å². The first-order chi connectivity index (χ1) is 6.69. The van der Waals surface area contributed by atoms with E-state index >= 15 is 0 Å². The van der Waals surface area contributed by atoms with Gasteiger partial charge in [-0.25, -0.2) is 0 Å². The number of Topliss-reactive ketones (excluding diaryl/α,β-unsaturated/α-hetero) is 1. The number of benzene rings is 1. The van der Waals surface area contributed by atoms with Gasteiger partial charge in [-0.1, -0.05) is 22.0 Å². The van der Waals surface area contributed by atoms with Gasteiger partial charge in [0.05, 0.1) is 0 Å². The van der Waals surface area contributed by atoms with Crippen molar-refractivity contribution in [3.63, 3.8) is 0 Å². The van der Waals surface area contributed by atoms with Gasteiger partial charge in [-0.3, -0.25) is 15.5 Å². The SMILES string of the molecule is C/C=C(/NO)C(=O)c1ccc(Br)cc1. The molecule has 0 spiro atoms. The quantitative estimate of drug-likeness (QED) is 0.496. The smallest absolute Gasteiger partial charge is 0.210 e. The molecular weight excluding hydrogens is 246 g/mol. The van der Waals surface area contributed by atoms with E-state index in [9.17, 15) is 4.79 Å². The van der Waals surface area contributed by atoms with Crippen molar-refractivity contribution in [2.45, 2.75) is 6.92 Å². The molecule has 4 heteroatoms. The molecule has 0 bridgehead atoms. The molecule has 0 aliphatic carbocycles. The molecule has 0 heterocycles. The van der Waals surface area contributed by atoms with Crippen molar-refractivity contribution in [3.05, 3.63) is 46.1 Å². The summed E-state index contributed by atoms with van der Waals surface area (Å²) in [5.41, 5.74) is 2.57. The molecular formula is C10H10BrNO2. The van der Waals surface area contributed by atoms with Gasteiger partial charge in [0.1, 0.15) is 5.70 Å². The lowest BCUT2D eigenvalue weighted by Crippen LogP contribution is -2.16. The Morgan fingerprint density at radius 1 is 1.43 bits per heavy atom. The molecule has 2 N–H and O–H groups in total. The van der Waals surface area contributed by atoms with Gasteiger partial charge in [0, 0.05) is 10.0 Å². The lowest BCUT2D eigenvalue weighted by molar-refractivity contribution is 0.0976. The van der Waals surface area contributed by atoms with Crippen LogP contribution in [-0.2, 0) is 0 Å². The Hall–Kier alpha value is -1.13. The molecule has 1 aromatic rings. The summed E-state index contributed by atoms with van der Waals surface area (Å²) >= 11 is 3.27. The fourth-order valence-corrected chi connectivity index (χ4v) is 1.27. The van der Waals surface area contributed by atoms with Crippen molar-refractivity contribution in [1.29, 1.82) is 0 Å². The minimum absolute atomic E-state index is 0.173. The summed E-state index contributed by atoms with van der Waals surface area (Å²) in [5.74, 6) is -0.234. The number of rotatable bonds is 3. The molecule has 0 fully saturated rings. The fraction of sp³-hybridized carbons (Fsp3) is 0.100. The largest absolute Gasteiger partial charge is 0.291 e. The first-order valence-electron chi connectivity index (χ1n) is 4.05. The molecule has 74 valence electrons. The average molecular weight is 256 g/mol. The van der Waals surface area contributed by atoms with Crippen molar-refractivity contribution in [2.75, 3.05) is 0 Å². The highest BCUT2D eigenvalue weighted by Gasteiger charge is 2.09. The molecule has 0 saturated carbocycles. The summed E-state index contributed by atoms with van der Waals surface area (Å²) in [7, 11) is 0. The Balaban J connectivity index is 2.95. The van der Waals surface area contributed by atoms with Crippen LogP contribution < -0.4 is 5.48 Å². The number of carbonyl (C=O) groups excluding carboxylic acids is 1. The van der Waals surface area contributed by atoms with E-state index in [4.69, 9.17) is 5.21 Å². The molecule has 0 aliphatic rings. The van der Waals surface area contributed by atoms with Crippen LogP contribution in [0, 0.1) is 0 Å². The zero-order chi connectivity index (χ0) is 10.6. The number of halogens is 1. The second-order valence-corrected chi connectivity index (χ2v) is 3.57. The first-order valence-corrected chi connectivity index (χ1v) is 4.85. The topological polar surface area (TPSA) is 49.3 Å². The maximum atomic E-state index is 11.6. The van der Waals surface area contributed by atoms with E-state index in [0.717, 1.165) is 4.47 Å². The average Bonchev–Trinajstić information content (AvgIpc) is 2.20. The Bertz CT molecular complexity index is 357. The Morgan fingerprint density at radius 2 is 2.00 bits per heavy atom. The van der Waals surface area contributed by atoms with Crippen molar-refractivity contribution in [3.8, 4) is 0 Å². The van der Waals surface area contributed by atoms with Crippen LogP contribution in [0.5, 0.6) is 0 Å². The van der Waals surface area contributed by atoms with Crippen LogP contribution in [0.25, 0.3) is 0 Å². The number of allylic oxidation sites excluding steroid dienone is 2. The van der Waals surface area contributed by atoms with Crippen molar-refractivity contribution < 1.29 is 10.0 Å². The van der Waals surface area contributed by atoms with Gasteiger partial charge in [-0.05, 0) is 31.2 Å². The number of nitrogens with one attached hydrogen (secondary N) is 1. The maximum absolute atomic E-state index is 11.6. The standard InChI is InChI=1S/C10H10BrNO2/c1-2-9(12-14)10(13)7-3-5-8(11)6-4-7/h2-6,12,14H,1H3/b9-2+. The molecule has 3 nitrogen and oxygen atoms in total. The van der Waals surface area contributed by atoms with Crippen LogP contribution in [0.1, 0.15) is 17.3 Å². The lowest BCUT2D eigenvalue weighted by Gasteiger charge is -2.03. The second-order valence-electron chi connectivity index (χ2n) is 2.65. The third-order valence-electron chi connectivity index (χ3n) is 1.76. The van der Waals surface area contributed by atoms with E-state index in [1.165, 1.54) is 6.08 Å². The summed E-state index contributed by atoms with van der Waals surface area (Å²) in [6.45, 7) is 1.68. The number of hydrogen-bond donors (Lipinski definition) is 2. The highest BCUT2D eigenvalue weighted by molar-refractivity contribution is 9.10. The van der Waals surface area contributed by atoms with Gasteiger partial charge in [-0.2, -0.15) is 0 Å². The van der Waals surface area contributed by atoms with E-state index in [1.54, 1.807) is 31.2 Å². The van der Waals surface area contributed by atoms with Crippen molar-refractivity contribution >= 4 is 21.7 Å². The van der Waals surface area contributed by atoms with E-state index in [0.29, 0.717) is 5.56 Å². The highest BCUT2D eigenvalue weighted by Crippen LogP contribution is 2.12. The van der Waals surface area contributed by atoms with Gasteiger partial charge in [0.2, 0.25) is 5.78 Å². The highest BCUT2D eigenvalue weighted by atomic mass is 79.9. The van der Waals surface area contributed by atoms with Crippen LogP contribution in [0.4, 0.5) is 0 Å². The van der Waals surface area contributed by atoms with Gasteiger partial charge in [-0.15, -0.1) is 0 Å². The number of hydrogen-bond acceptors (Lipinski definition) is 3. The molecule has 1 rings (SSSR count). The summed E-state index contributed by atoms with van der Waals surface area (Å²) in [6, 6.07) is 6.93. The molecule has 0 unspecified atom stereocenters. The van der Waals surface area contributed by atoms with E-state index in [-0.39, 0.29) is 11.5 Å². The molecule has 14 heavy (non-hydrogen) atoms. The number of carbonyl (C=O) groups is 1.